The second-order valence-corrected chi connectivity index (χ2v) is 6.06. The number of rotatable bonds is 4. The van der Waals surface area contributed by atoms with Gasteiger partial charge in [-0.1, -0.05) is 13.8 Å². The van der Waals surface area contributed by atoms with E-state index < -0.39 is 0 Å². The highest BCUT2D eigenvalue weighted by molar-refractivity contribution is 5.92. The summed E-state index contributed by atoms with van der Waals surface area (Å²) in [4.78, 5) is 14.7. The molecule has 2 heterocycles. The van der Waals surface area contributed by atoms with E-state index in [1.807, 2.05) is 6.07 Å². The standard InChI is InChI=1S/C15H22N4O/c1-3-19-8-10(2)14(9-19)17-15(20)13-6-12(7-16-18-13)11-4-5-11/h6-7,10-11,14H,3-5,8-9H2,1-2H3,(H,17,20). The van der Waals surface area contributed by atoms with E-state index in [2.05, 4.69) is 34.3 Å². The topological polar surface area (TPSA) is 58.1 Å². The molecule has 2 fully saturated rings. The Balaban J connectivity index is 1.65. The first-order valence-electron chi connectivity index (χ1n) is 7.53. The number of likely N-dealkylation sites (tertiary alicyclic amines) is 1. The number of aromatic nitrogens is 2. The molecule has 1 aliphatic carbocycles. The molecule has 1 saturated carbocycles. The van der Waals surface area contributed by atoms with Crippen molar-refractivity contribution < 1.29 is 4.79 Å². The van der Waals surface area contributed by atoms with Crippen LogP contribution in [0.5, 0.6) is 0 Å². The maximum atomic E-state index is 12.3. The van der Waals surface area contributed by atoms with Crippen molar-refractivity contribution in [3.8, 4) is 0 Å². The van der Waals surface area contributed by atoms with E-state index in [9.17, 15) is 4.79 Å². The fourth-order valence-electron chi connectivity index (χ4n) is 2.89. The number of carbonyl (C=O) groups excluding carboxylic acids is 1. The second kappa shape index (κ2) is 5.48. The summed E-state index contributed by atoms with van der Waals surface area (Å²) in [5.41, 5.74) is 1.61. The van der Waals surface area contributed by atoms with Crippen molar-refractivity contribution in [3.05, 3.63) is 23.5 Å². The first kappa shape index (κ1) is 13.5. The highest BCUT2D eigenvalue weighted by Crippen LogP contribution is 2.39. The lowest BCUT2D eigenvalue weighted by atomic mass is 10.1. The van der Waals surface area contributed by atoms with Gasteiger partial charge in [-0.15, -0.1) is 5.10 Å². The molecule has 3 rings (SSSR count). The highest BCUT2D eigenvalue weighted by Gasteiger charge is 2.31. The predicted molar refractivity (Wildman–Crippen MR) is 76.5 cm³/mol. The van der Waals surface area contributed by atoms with Crippen molar-refractivity contribution in [2.45, 2.75) is 38.6 Å². The predicted octanol–water partition coefficient (Wildman–Crippen LogP) is 1.42. The van der Waals surface area contributed by atoms with Crippen molar-refractivity contribution in [2.75, 3.05) is 19.6 Å². The van der Waals surface area contributed by atoms with Gasteiger partial charge in [-0.2, -0.15) is 5.10 Å². The smallest absolute Gasteiger partial charge is 0.272 e. The molecule has 0 radical (unpaired) electrons. The summed E-state index contributed by atoms with van der Waals surface area (Å²) < 4.78 is 0. The summed E-state index contributed by atoms with van der Waals surface area (Å²) in [6, 6.07) is 2.12. The number of hydrogen-bond acceptors (Lipinski definition) is 4. The Morgan fingerprint density at radius 1 is 1.45 bits per heavy atom. The minimum atomic E-state index is -0.0881. The molecule has 108 valence electrons. The van der Waals surface area contributed by atoms with Crippen molar-refractivity contribution >= 4 is 5.91 Å². The van der Waals surface area contributed by atoms with Gasteiger partial charge >= 0.3 is 0 Å². The fraction of sp³-hybridized carbons (Fsp3) is 0.667. The van der Waals surface area contributed by atoms with Gasteiger partial charge in [-0.05, 0) is 42.9 Å². The van der Waals surface area contributed by atoms with E-state index in [1.165, 1.54) is 12.8 Å². The molecular formula is C15H22N4O. The molecule has 1 saturated heterocycles. The van der Waals surface area contributed by atoms with Gasteiger partial charge in [0, 0.05) is 19.1 Å². The van der Waals surface area contributed by atoms with Crippen molar-refractivity contribution in [1.29, 1.82) is 0 Å². The third kappa shape index (κ3) is 2.82. The van der Waals surface area contributed by atoms with Gasteiger partial charge in [-0.25, -0.2) is 0 Å². The first-order valence-corrected chi connectivity index (χ1v) is 7.53. The first-order chi connectivity index (χ1) is 9.67. The summed E-state index contributed by atoms with van der Waals surface area (Å²) in [6.45, 7) is 7.36. The molecule has 1 N–H and O–H groups in total. The third-order valence-corrected chi connectivity index (χ3v) is 4.41. The molecule has 1 aliphatic heterocycles. The van der Waals surface area contributed by atoms with Gasteiger partial charge in [-0.3, -0.25) is 4.79 Å². The molecule has 20 heavy (non-hydrogen) atoms. The monoisotopic (exact) mass is 274 g/mol. The zero-order chi connectivity index (χ0) is 14.1. The lowest BCUT2D eigenvalue weighted by molar-refractivity contribution is 0.0925. The molecule has 0 spiro atoms. The SMILES string of the molecule is CCN1CC(C)C(NC(=O)c2cc(C3CC3)cnn2)C1. The van der Waals surface area contributed by atoms with Crippen LogP contribution in [0.3, 0.4) is 0 Å². The van der Waals surface area contributed by atoms with Gasteiger partial charge in [0.25, 0.3) is 5.91 Å². The maximum Gasteiger partial charge on any atom is 0.272 e. The Morgan fingerprint density at radius 2 is 2.25 bits per heavy atom. The average Bonchev–Trinajstić information content (AvgIpc) is 3.25. The largest absolute Gasteiger partial charge is 0.346 e. The van der Waals surface area contributed by atoms with Crippen LogP contribution in [0.15, 0.2) is 12.3 Å². The molecule has 5 heteroatoms. The summed E-state index contributed by atoms with van der Waals surface area (Å²) in [6.07, 6.45) is 4.20. The maximum absolute atomic E-state index is 12.3. The minimum Gasteiger partial charge on any atom is -0.346 e. The van der Waals surface area contributed by atoms with Crippen LogP contribution in [0.2, 0.25) is 0 Å². The van der Waals surface area contributed by atoms with Gasteiger partial charge in [0.1, 0.15) is 0 Å². The van der Waals surface area contributed by atoms with Crippen LogP contribution in [-0.2, 0) is 0 Å². The lowest BCUT2D eigenvalue weighted by Crippen LogP contribution is -2.40. The molecule has 1 amide bonds. The van der Waals surface area contributed by atoms with E-state index in [4.69, 9.17) is 0 Å². The molecule has 0 bridgehead atoms. The van der Waals surface area contributed by atoms with Gasteiger partial charge < -0.3 is 10.2 Å². The molecule has 1 aromatic rings. The van der Waals surface area contributed by atoms with Crippen molar-refractivity contribution in [2.24, 2.45) is 5.92 Å². The van der Waals surface area contributed by atoms with Crippen LogP contribution in [0, 0.1) is 5.92 Å². The molecule has 2 aliphatic rings. The summed E-state index contributed by atoms with van der Waals surface area (Å²) in [5, 5.41) is 11.1. The Morgan fingerprint density at radius 3 is 2.90 bits per heavy atom. The Hall–Kier alpha value is -1.49. The Kier molecular flexibility index (Phi) is 3.70. The van der Waals surface area contributed by atoms with E-state index in [-0.39, 0.29) is 11.9 Å². The summed E-state index contributed by atoms with van der Waals surface area (Å²) in [7, 11) is 0. The number of nitrogens with zero attached hydrogens (tertiary/aromatic N) is 3. The quantitative estimate of drug-likeness (QED) is 0.902. The number of likely N-dealkylation sites (N-methyl/N-ethyl adjacent to an activating group) is 1. The van der Waals surface area contributed by atoms with Gasteiger partial charge in [0.2, 0.25) is 0 Å². The number of hydrogen-bond donors (Lipinski definition) is 1. The molecule has 2 unspecified atom stereocenters. The Bertz CT molecular complexity index is 500. The Labute approximate surface area is 119 Å². The molecule has 2 atom stereocenters. The van der Waals surface area contributed by atoms with Crippen LogP contribution >= 0.6 is 0 Å². The number of amides is 1. The molecular weight excluding hydrogens is 252 g/mol. The number of nitrogens with one attached hydrogen (secondary N) is 1. The second-order valence-electron chi connectivity index (χ2n) is 6.06. The fourth-order valence-corrected chi connectivity index (χ4v) is 2.89. The van der Waals surface area contributed by atoms with Crippen LogP contribution in [0.1, 0.15) is 48.7 Å². The molecule has 1 aromatic heterocycles. The lowest BCUT2D eigenvalue weighted by Gasteiger charge is -2.16. The van der Waals surface area contributed by atoms with E-state index in [1.54, 1.807) is 6.20 Å². The number of carbonyl (C=O) groups is 1. The normalized spacial score (nSPS) is 26.7. The zero-order valence-corrected chi connectivity index (χ0v) is 12.2. The summed E-state index contributed by atoms with van der Waals surface area (Å²) in [5.74, 6) is 0.992. The van der Waals surface area contributed by atoms with E-state index in [0.717, 1.165) is 25.2 Å². The molecule has 5 nitrogen and oxygen atoms in total. The van der Waals surface area contributed by atoms with Crippen molar-refractivity contribution in [1.82, 2.24) is 20.4 Å². The van der Waals surface area contributed by atoms with Crippen molar-refractivity contribution in [3.63, 3.8) is 0 Å². The third-order valence-electron chi connectivity index (χ3n) is 4.41. The van der Waals surface area contributed by atoms with Gasteiger partial charge in [0.15, 0.2) is 5.69 Å². The van der Waals surface area contributed by atoms with E-state index in [0.29, 0.717) is 17.5 Å². The average molecular weight is 274 g/mol. The van der Waals surface area contributed by atoms with Gasteiger partial charge in [0.05, 0.1) is 6.20 Å². The highest BCUT2D eigenvalue weighted by atomic mass is 16.2. The minimum absolute atomic E-state index is 0.0881. The van der Waals surface area contributed by atoms with E-state index >= 15 is 0 Å². The summed E-state index contributed by atoms with van der Waals surface area (Å²) >= 11 is 0. The van der Waals surface area contributed by atoms with Crippen LogP contribution < -0.4 is 5.32 Å². The van der Waals surface area contributed by atoms with Crippen LogP contribution in [0.4, 0.5) is 0 Å². The van der Waals surface area contributed by atoms with Crippen LogP contribution in [0.25, 0.3) is 0 Å². The van der Waals surface area contributed by atoms with Crippen LogP contribution in [-0.4, -0.2) is 46.7 Å². The zero-order valence-electron chi connectivity index (χ0n) is 12.2. The molecule has 0 aromatic carbocycles.